The molecule has 0 aliphatic heterocycles. The van der Waals surface area contributed by atoms with E-state index in [1.807, 2.05) is 6.92 Å². The summed E-state index contributed by atoms with van der Waals surface area (Å²) in [6.07, 6.45) is 0. The molecule has 0 atom stereocenters. The van der Waals surface area contributed by atoms with Crippen molar-refractivity contribution in [2.45, 2.75) is 32.6 Å². The quantitative estimate of drug-likeness (QED) is 0.575. The van der Waals surface area contributed by atoms with Crippen molar-refractivity contribution in [2.75, 3.05) is 4.72 Å². The maximum Gasteiger partial charge on any atom is 0.123 e. The van der Waals surface area contributed by atoms with E-state index >= 15 is 0 Å². The monoisotopic (exact) mass is 340 g/mol. The van der Waals surface area contributed by atoms with Crippen molar-refractivity contribution in [1.29, 1.82) is 0 Å². The molecule has 1 N–H and O–H groups in total. The van der Waals surface area contributed by atoms with Crippen LogP contribution in [0.25, 0.3) is 10.6 Å². The fraction of sp³-hybridized carbons (Fsp3) is 0.211. The minimum Gasteiger partial charge on any atom is -0.326 e. The molecule has 1 aromatic heterocycles. The van der Waals surface area contributed by atoms with Gasteiger partial charge < -0.3 is 4.72 Å². The topological polar surface area (TPSA) is 24.9 Å². The first-order valence-corrected chi connectivity index (χ1v) is 9.26. The number of anilines is 1. The number of rotatable bonds is 4. The van der Waals surface area contributed by atoms with Crippen LogP contribution in [0.1, 0.15) is 22.4 Å². The van der Waals surface area contributed by atoms with Gasteiger partial charge >= 0.3 is 0 Å². The van der Waals surface area contributed by atoms with Gasteiger partial charge in [0, 0.05) is 27.2 Å². The van der Waals surface area contributed by atoms with Gasteiger partial charge in [0.1, 0.15) is 5.01 Å². The van der Waals surface area contributed by atoms with Crippen molar-refractivity contribution < 1.29 is 0 Å². The molecule has 3 aromatic rings. The van der Waals surface area contributed by atoms with Crippen molar-refractivity contribution in [3.8, 4) is 10.6 Å². The first-order chi connectivity index (χ1) is 11.0. The molecule has 0 aliphatic rings. The van der Waals surface area contributed by atoms with Gasteiger partial charge in [-0.3, -0.25) is 0 Å². The Bertz CT molecular complexity index is 837. The highest BCUT2D eigenvalue weighted by Gasteiger charge is 2.06. The summed E-state index contributed by atoms with van der Waals surface area (Å²) in [6, 6.07) is 12.9. The van der Waals surface area contributed by atoms with Crippen LogP contribution in [0.4, 0.5) is 5.69 Å². The van der Waals surface area contributed by atoms with E-state index in [1.54, 1.807) is 23.3 Å². The van der Waals surface area contributed by atoms with Crippen LogP contribution in [0.5, 0.6) is 0 Å². The Morgan fingerprint density at radius 3 is 2.48 bits per heavy atom. The van der Waals surface area contributed by atoms with E-state index in [0.29, 0.717) is 0 Å². The van der Waals surface area contributed by atoms with Crippen LogP contribution in [-0.2, 0) is 0 Å². The molecule has 0 unspecified atom stereocenters. The molecule has 0 spiro atoms. The number of benzene rings is 2. The molecule has 2 nitrogen and oxygen atoms in total. The Balaban J connectivity index is 1.78. The van der Waals surface area contributed by atoms with E-state index in [1.165, 1.54) is 21.6 Å². The summed E-state index contributed by atoms with van der Waals surface area (Å²) in [5.74, 6) is 0. The summed E-state index contributed by atoms with van der Waals surface area (Å²) in [5, 5.41) is 3.15. The molecule has 2 aromatic carbocycles. The third kappa shape index (κ3) is 3.77. The Morgan fingerprint density at radius 2 is 1.74 bits per heavy atom. The van der Waals surface area contributed by atoms with Crippen molar-refractivity contribution in [1.82, 2.24) is 4.98 Å². The second-order valence-electron chi connectivity index (χ2n) is 5.78. The van der Waals surface area contributed by atoms with Gasteiger partial charge in [0.25, 0.3) is 0 Å². The number of hydrogen-bond donors (Lipinski definition) is 1. The van der Waals surface area contributed by atoms with Crippen LogP contribution < -0.4 is 4.72 Å². The second kappa shape index (κ2) is 6.77. The lowest BCUT2D eigenvalue weighted by molar-refractivity contribution is 1.21. The molecule has 0 radical (unpaired) electrons. The van der Waals surface area contributed by atoms with Crippen LogP contribution in [0.15, 0.2) is 46.7 Å². The maximum atomic E-state index is 4.56. The number of hydrogen-bond acceptors (Lipinski definition) is 4. The molecule has 0 amide bonds. The molecule has 0 aliphatic carbocycles. The number of nitrogens with one attached hydrogen (secondary N) is 1. The van der Waals surface area contributed by atoms with Crippen LogP contribution in [0.2, 0.25) is 0 Å². The largest absolute Gasteiger partial charge is 0.326 e. The molecule has 4 heteroatoms. The SMILES string of the molecule is Cc1csc(-c2cccc(NSc3cc(C)c(C)cc3C)c2)n1. The van der Waals surface area contributed by atoms with Gasteiger partial charge in [0.2, 0.25) is 0 Å². The predicted molar refractivity (Wildman–Crippen MR) is 102 cm³/mol. The second-order valence-corrected chi connectivity index (χ2v) is 7.49. The molecular weight excluding hydrogens is 320 g/mol. The van der Waals surface area contributed by atoms with E-state index in [2.05, 4.69) is 72.3 Å². The summed E-state index contributed by atoms with van der Waals surface area (Å²) >= 11 is 3.35. The van der Waals surface area contributed by atoms with Crippen molar-refractivity contribution in [3.63, 3.8) is 0 Å². The van der Waals surface area contributed by atoms with Gasteiger partial charge in [-0.2, -0.15) is 0 Å². The molecule has 0 saturated carbocycles. The van der Waals surface area contributed by atoms with Gasteiger partial charge in [0.05, 0.1) is 0 Å². The average molecular weight is 341 g/mol. The lowest BCUT2D eigenvalue weighted by Gasteiger charge is -2.11. The van der Waals surface area contributed by atoms with E-state index in [4.69, 9.17) is 0 Å². The van der Waals surface area contributed by atoms with E-state index in [-0.39, 0.29) is 0 Å². The molecule has 3 rings (SSSR count). The number of thiazole rings is 1. The highest BCUT2D eigenvalue weighted by molar-refractivity contribution is 8.00. The van der Waals surface area contributed by atoms with Crippen LogP contribution >= 0.6 is 23.3 Å². The van der Waals surface area contributed by atoms with Crippen molar-refractivity contribution in [2.24, 2.45) is 0 Å². The van der Waals surface area contributed by atoms with Crippen LogP contribution in [0.3, 0.4) is 0 Å². The van der Waals surface area contributed by atoms with Crippen molar-refractivity contribution in [3.05, 3.63) is 64.2 Å². The summed E-state index contributed by atoms with van der Waals surface area (Å²) in [6.45, 7) is 8.50. The lowest BCUT2D eigenvalue weighted by atomic mass is 10.1. The summed E-state index contributed by atoms with van der Waals surface area (Å²) in [5.41, 5.74) is 7.30. The highest BCUT2D eigenvalue weighted by atomic mass is 32.2. The Hall–Kier alpha value is -1.78. The third-order valence-electron chi connectivity index (χ3n) is 3.80. The molecule has 23 heavy (non-hydrogen) atoms. The minimum absolute atomic E-state index is 1.07. The zero-order chi connectivity index (χ0) is 16.4. The van der Waals surface area contributed by atoms with E-state index < -0.39 is 0 Å². The normalized spacial score (nSPS) is 10.8. The lowest BCUT2D eigenvalue weighted by Crippen LogP contribution is -1.92. The first-order valence-electron chi connectivity index (χ1n) is 7.56. The highest BCUT2D eigenvalue weighted by Crippen LogP contribution is 2.30. The summed E-state index contributed by atoms with van der Waals surface area (Å²) in [7, 11) is 0. The molecule has 0 saturated heterocycles. The van der Waals surface area contributed by atoms with Gasteiger partial charge in [-0.25, -0.2) is 4.98 Å². The fourth-order valence-corrected chi connectivity index (χ4v) is 3.97. The number of aromatic nitrogens is 1. The Labute approximate surface area is 146 Å². The predicted octanol–water partition coefficient (Wildman–Crippen LogP) is 6.16. The zero-order valence-corrected chi connectivity index (χ0v) is 15.4. The molecule has 0 bridgehead atoms. The van der Waals surface area contributed by atoms with Gasteiger partial charge in [-0.05, 0) is 74.5 Å². The fourth-order valence-electron chi connectivity index (χ4n) is 2.36. The number of aryl methyl sites for hydroxylation is 4. The summed E-state index contributed by atoms with van der Waals surface area (Å²) in [4.78, 5) is 5.83. The Kier molecular flexibility index (Phi) is 4.74. The first kappa shape index (κ1) is 16.1. The van der Waals surface area contributed by atoms with Gasteiger partial charge in [0.15, 0.2) is 0 Å². The maximum absolute atomic E-state index is 4.56. The van der Waals surface area contributed by atoms with Crippen LogP contribution in [0, 0.1) is 27.7 Å². The standard InChI is InChI=1S/C19H20N2S2/c1-12-8-14(3)18(9-13(12)2)23-21-17-7-5-6-16(10-17)19-20-15(4)11-22-19/h5-11,21H,1-4H3. The molecule has 0 fully saturated rings. The summed E-state index contributed by atoms with van der Waals surface area (Å²) < 4.78 is 3.46. The van der Waals surface area contributed by atoms with E-state index in [0.717, 1.165) is 22.0 Å². The molecular formula is C19H20N2S2. The van der Waals surface area contributed by atoms with Gasteiger partial charge in [-0.1, -0.05) is 18.2 Å². The molecule has 1 heterocycles. The Morgan fingerprint density at radius 1 is 0.957 bits per heavy atom. The average Bonchev–Trinajstić information content (AvgIpc) is 2.96. The van der Waals surface area contributed by atoms with Gasteiger partial charge in [-0.15, -0.1) is 11.3 Å². The van der Waals surface area contributed by atoms with Crippen molar-refractivity contribution >= 4 is 29.0 Å². The number of nitrogens with zero attached hydrogens (tertiary/aromatic N) is 1. The molecule has 118 valence electrons. The smallest absolute Gasteiger partial charge is 0.123 e. The van der Waals surface area contributed by atoms with Crippen LogP contribution in [-0.4, -0.2) is 4.98 Å². The third-order valence-corrected chi connectivity index (χ3v) is 5.81. The minimum atomic E-state index is 1.07. The van der Waals surface area contributed by atoms with E-state index in [9.17, 15) is 0 Å². The zero-order valence-electron chi connectivity index (χ0n) is 13.8.